The molecule has 0 spiro atoms. The third-order valence-corrected chi connectivity index (χ3v) is 5.43. The molecule has 0 aliphatic carbocycles. The molecule has 4 aromatic carbocycles. The Morgan fingerprint density at radius 2 is 1.32 bits per heavy atom. The Labute approximate surface area is 162 Å². The van der Waals surface area contributed by atoms with Crippen LogP contribution in [0.2, 0.25) is 0 Å². The monoisotopic (exact) mass is 359 g/mol. The topological polar surface area (TPSA) is 18.1 Å². The zero-order valence-electron chi connectivity index (χ0n) is 15.2. The average Bonchev–Trinajstić information content (AvgIpc) is 3.35. The first kappa shape index (κ1) is 15.3. The van der Waals surface area contributed by atoms with Crippen molar-refractivity contribution in [3.8, 4) is 16.8 Å². The molecule has 0 aliphatic rings. The summed E-state index contributed by atoms with van der Waals surface area (Å²) < 4.78 is 8.19. The summed E-state index contributed by atoms with van der Waals surface area (Å²) >= 11 is 0. The molecule has 2 heterocycles. The molecule has 0 aliphatic heterocycles. The van der Waals surface area contributed by atoms with E-state index in [0.29, 0.717) is 0 Å². The Hall–Kier alpha value is -3.78. The molecule has 0 atom stereocenters. The fraction of sp³-hybridized carbons (Fsp3) is 0. The molecule has 0 saturated carbocycles. The van der Waals surface area contributed by atoms with E-state index in [1.54, 1.807) is 0 Å². The molecule has 0 fully saturated rings. The number of benzene rings is 4. The summed E-state index contributed by atoms with van der Waals surface area (Å²) in [5.74, 6) is 0. The van der Waals surface area contributed by atoms with Gasteiger partial charge in [0.2, 0.25) is 0 Å². The van der Waals surface area contributed by atoms with E-state index in [1.807, 2.05) is 18.2 Å². The van der Waals surface area contributed by atoms with Crippen LogP contribution in [-0.4, -0.2) is 4.57 Å². The van der Waals surface area contributed by atoms with Gasteiger partial charge in [0.05, 0.1) is 5.52 Å². The second kappa shape index (κ2) is 5.86. The van der Waals surface area contributed by atoms with E-state index in [4.69, 9.17) is 4.42 Å². The lowest BCUT2D eigenvalue weighted by atomic mass is 10.0. The van der Waals surface area contributed by atoms with Crippen molar-refractivity contribution in [1.29, 1.82) is 0 Å². The molecule has 6 aromatic rings. The number of para-hydroxylation sites is 2. The smallest absolute Gasteiger partial charge is 0.135 e. The Bertz CT molecular complexity index is 1450. The zero-order chi connectivity index (χ0) is 18.5. The van der Waals surface area contributed by atoms with E-state index in [2.05, 4.69) is 89.6 Å². The van der Waals surface area contributed by atoms with Gasteiger partial charge in [0.15, 0.2) is 0 Å². The molecule has 2 aromatic heterocycles. The fourth-order valence-electron chi connectivity index (χ4n) is 4.04. The molecule has 0 radical (unpaired) electrons. The molecular formula is C26H17NO. The summed E-state index contributed by atoms with van der Waals surface area (Å²) in [6.45, 7) is 0. The van der Waals surface area contributed by atoms with Gasteiger partial charge >= 0.3 is 0 Å². The maximum absolute atomic E-state index is 5.96. The van der Waals surface area contributed by atoms with Gasteiger partial charge in [-0.15, -0.1) is 0 Å². The largest absolute Gasteiger partial charge is 0.456 e. The fourth-order valence-corrected chi connectivity index (χ4v) is 4.04. The summed E-state index contributed by atoms with van der Waals surface area (Å²) in [4.78, 5) is 0. The summed E-state index contributed by atoms with van der Waals surface area (Å²) in [5, 5.41) is 3.56. The highest BCUT2D eigenvalue weighted by atomic mass is 16.3. The molecule has 6 rings (SSSR count). The Kier molecular flexibility index (Phi) is 3.20. The van der Waals surface area contributed by atoms with Crippen molar-refractivity contribution >= 4 is 32.8 Å². The highest BCUT2D eigenvalue weighted by Crippen LogP contribution is 2.33. The molecule has 0 N–H and O–H groups in total. The lowest BCUT2D eigenvalue weighted by molar-refractivity contribution is 0.669. The first-order valence-corrected chi connectivity index (χ1v) is 9.45. The molecule has 28 heavy (non-hydrogen) atoms. The Balaban J connectivity index is 1.50. The summed E-state index contributed by atoms with van der Waals surface area (Å²) in [5.41, 5.74) is 6.67. The highest BCUT2D eigenvalue weighted by molar-refractivity contribution is 6.06. The molecule has 132 valence electrons. The van der Waals surface area contributed by atoms with E-state index in [9.17, 15) is 0 Å². The van der Waals surface area contributed by atoms with Crippen LogP contribution in [0.1, 0.15) is 0 Å². The van der Waals surface area contributed by atoms with Crippen LogP contribution < -0.4 is 0 Å². The van der Waals surface area contributed by atoms with Crippen LogP contribution in [0.5, 0.6) is 0 Å². The summed E-state index contributed by atoms with van der Waals surface area (Å²) in [6.07, 6.45) is 2.14. The summed E-state index contributed by atoms with van der Waals surface area (Å²) in [6, 6.07) is 33.9. The summed E-state index contributed by atoms with van der Waals surface area (Å²) in [7, 11) is 0. The number of aromatic nitrogens is 1. The van der Waals surface area contributed by atoms with Crippen molar-refractivity contribution < 1.29 is 4.42 Å². The van der Waals surface area contributed by atoms with Gasteiger partial charge in [0.25, 0.3) is 0 Å². The van der Waals surface area contributed by atoms with Gasteiger partial charge < -0.3 is 8.98 Å². The minimum atomic E-state index is 0.932. The normalized spacial score (nSPS) is 11.6. The molecule has 2 heteroatoms. The van der Waals surface area contributed by atoms with E-state index in [0.717, 1.165) is 21.9 Å². The lowest BCUT2D eigenvalue weighted by Gasteiger charge is -2.07. The molecule has 0 bridgehead atoms. The van der Waals surface area contributed by atoms with Gasteiger partial charge in [-0.05, 0) is 59.7 Å². The minimum absolute atomic E-state index is 0.932. The third kappa shape index (κ3) is 2.28. The van der Waals surface area contributed by atoms with Crippen LogP contribution >= 0.6 is 0 Å². The maximum Gasteiger partial charge on any atom is 0.135 e. The van der Waals surface area contributed by atoms with Gasteiger partial charge in [0.1, 0.15) is 11.2 Å². The molecule has 0 saturated heterocycles. The van der Waals surface area contributed by atoms with Crippen molar-refractivity contribution in [2.45, 2.75) is 0 Å². The number of rotatable bonds is 2. The van der Waals surface area contributed by atoms with Gasteiger partial charge in [-0.3, -0.25) is 0 Å². The van der Waals surface area contributed by atoms with Crippen LogP contribution in [0, 0.1) is 0 Å². The van der Waals surface area contributed by atoms with Crippen LogP contribution in [0.4, 0.5) is 0 Å². The highest BCUT2D eigenvalue weighted by Gasteiger charge is 2.09. The first-order chi connectivity index (χ1) is 13.9. The molecule has 0 unspecified atom stereocenters. The van der Waals surface area contributed by atoms with Crippen molar-refractivity contribution in [1.82, 2.24) is 4.57 Å². The first-order valence-electron chi connectivity index (χ1n) is 9.45. The maximum atomic E-state index is 5.96. The number of furan rings is 1. The second-order valence-electron chi connectivity index (χ2n) is 7.10. The van der Waals surface area contributed by atoms with Crippen LogP contribution in [0.25, 0.3) is 49.7 Å². The van der Waals surface area contributed by atoms with Gasteiger partial charge in [-0.1, -0.05) is 48.5 Å². The van der Waals surface area contributed by atoms with Crippen molar-refractivity contribution in [3.05, 3.63) is 103 Å². The van der Waals surface area contributed by atoms with Crippen LogP contribution in [-0.2, 0) is 0 Å². The van der Waals surface area contributed by atoms with Crippen LogP contribution in [0.15, 0.2) is 108 Å². The zero-order valence-corrected chi connectivity index (χ0v) is 15.2. The van der Waals surface area contributed by atoms with E-state index in [-0.39, 0.29) is 0 Å². The van der Waals surface area contributed by atoms with E-state index in [1.165, 1.54) is 27.7 Å². The average molecular weight is 359 g/mol. The van der Waals surface area contributed by atoms with Gasteiger partial charge in [-0.25, -0.2) is 0 Å². The number of fused-ring (bicyclic) bond motifs is 4. The van der Waals surface area contributed by atoms with Gasteiger partial charge in [0, 0.05) is 28.0 Å². The number of hydrogen-bond acceptors (Lipinski definition) is 1. The predicted octanol–water partition coefficient (Wildman–Crippen LogP) is 7.20. The van der Waals surface area contributed by atoms with Crippen molar-refractivity contribution in [2.75, 3.05) is 0 Å². The Morgan fingerprint density at radius 3 is 2.25 bits per heavy atom. The van der Waals surface area contributed by atoms with E-state index >= 15 is 0 Å². The van der Waals surface area contributed by atoms with Crippen molar-refractivity contribution in [2.24, 2.45) is 0 Å². The number of hydrogen-bond donors (Lipinski definition) is 0. The number of nitrogens with zero attached hydrogens (tertiary/aromatic N) is 1. The lowest BCUT2D eigenvalue weighted by Crippen LogP contribution is -1.90. The molecule has 2 nitrogen and oxygen atoms in total. The van der Waals surface area contributed by atoms with Crippen molar-refractivity contribution in [3.63, 3.8) is 0 Å². The SMILES string of the molecule is c1ccc(-n2ccc3cc(-c4ccc5oc6ccccc6c5c4)ccc32)cc1. The van der Waals surface area contributed by atoms with Crippen LogP contribution in [0.3, 0.4) is 0 Å². The molecular weight excluding hydrogens is 342 g/mol. The van der Waals surface area contributed by atoms with Gasteiger partial charge in [-0.2, -0.15) is 0 Å². The standard InChI is InChI=1S/C26H17NO/c1-2-6-21(7-3-1)27-15-14-20-16-18(10-12-24(20)27)19-11-13-26-23(17-19)22-8-4-5-9-25(22)28-26/h1-17H. The minimum Gasteiger partial charge on any atom is -0.456 e. The quantitative estimate of drug-likeness (QED) is 0.320. The third-order valence-electron chi connectivity index (χ3n) is 5.43. The van der Waals surface area contributed by atoms with E-state index < -0.39 is 0 Å². The predicted molar refractivity (Wildman–Crippen MR) is 116 cm³/mol. The Morgan fingerprint density at radius 1 is 0.571 bits per heavy atom. The second-order valence-corrected chi connectivity index (χ2v) is 7.10. The molecule has 0 amide bonds.